The maximum absolute atomic E-state index is 13.8. The summed E-state index contributed by atoms with van der Waals surface area (Å²) in [7, 11) is -7.73. The van der Waals surface area contributed by atoms with Gasteiger partial charge in [-0.25, -0.2) is 21.2 Å². The highest BCUT2D eigenvalue weighted by molar-refractivity contribution is 7.89. The molecule has 1 atom stereocenters. The third-order valence-electron chi connectivity index (χ3n) is 5.37. The summed E-state index contributed by atoms with van der Waals surface area (Å²) in [6.45, 7) is 2.35. The summed E-state index contributed by atoms with van der Waals surface area (Å²) in [4.78, 5) is 12.1. The van der Waals surface area contributed by atoms with Gasteiger partial charge in [0.2, 0.25) is 26.0 Å². The summed E-state index contributed by atoms with van der Waals surface area (Å²) >= 11 is 0. The normalized spacial score (nSPS) is 17.1. The second kappa shape index (κ2) is 10.1. The highest BCUT2D eigenvalue weighted by Gasteiger charge is 2.30. The molecular weight excluding hydrogens is 457 g/mol. The van der Waals surface area contributed by atoms with Gasteiger partial charge in [-0.3, -0.25) is 4.79 Å². The van der Waals surface area contributed by atoms with E-state index in [-0.39, 0.29) is 10.8 Å². The van der Waals surface area contributed by atoms with Gasteiger partial charge in [-0.1, -0.05) is 30.3 Å². The lowest BCUT2D eigenvalue weighted by Crippen LogP contribution is -2.47. The van der Waals surface area contributed by atoms with Crippen molar-refractivity contribution in [2.75, 3.05) is 19.6 Å². The molecule has 174 valence electrons. The summed E-state index contributed by atoms with van der Waals surface area (Å²) in [6, 6.07) is 12.1. The van der Waals surface area contributed by atoms with Crippen LogP contribution in [0.5, 0.6) is 0 Å². The predicted octanol–water partition coefficient (Wildman–Crippen LogP) is 1.71. The number of amides is 1. The first-order valence-electron chi connectivity index (χ1n) is 10.2. The maximum Gasteiger partial charge on any atom is 0.244 e. The van der Waals surface area contributed by atoms with Gasteiger partial charge in [-0.15, -0.1) is 0 Å². The largest absolute Gasteiger partial charge is 0.354 e. The number of hydrogen-bond donors (Lipinski definition) is 2. The van der Waals surface area contributed by atoms with Gasteiger partial charge in [-0.05, 0) is 49.9 Å². The number of carbonyl (C=O) groups excluding carboxylic acids is 1. The zero-order chi connectivity index (χ0) is 23.4. The van der Waals surface area contributed by atoms with Crippen LogP contribution in [-0.2, 0) is 24.8 Å². The number of nitrogens with zero attached hydrogens (tertiary/aromatic N) is 1. The first kappa shape index (κ1) is 24.3. The Kier molecular flexibility index (Phi) is 7.65. The van der Waals surface area contributed by atoms with Gasteiger partial charge in [0.1, 0.15) is 10.7 Å². The molecule has 0 aliphatic carbocycles. The number of carbonyl (C=O) groups is 1. The van der Waals surface area contributed by atoms with E-state index in [0.717, 1.165) is 12.1 Å². The van der Waals surface area contributed by atoms with Crippen LogP contribution in [0.1, 0.15) is 19.8 Å². The molecule has 2 aromatic rings. The Balaban J connectivity index is 1.49. The van der Waals surface area contributed by atoms with E-state index in [2.05, 4.69) is 10.0 Å². The minimum atomic E-state index is -4.19. The fraction of sp³-hybridized carbons (Fsp3) is 0.381. The second-order valence-corrected chi connectivity index (χ2v) is 11.3. The summed E-state index contributed by atoms with van der Waals surface area (Å²) < 4.78 is 67.4. The summed E-state index contributed by atoms with van der Waals surface area (Å²) in [5.74, 6) is -1.37. The lowest BCUT2D eigenvalue weighted by molar-refractivity contribution is -0.122. The molecule has 2 aromatic carbocycles. The van der Waals surface area contributed by atoms with Crippen LogP contribution in [0.2, 0.25) is 0 Å². The smallest absolute Gasteiger partial charge is 0.244 e. The van der Waals surface area contributed by atoms with Crippen LogP contribution < -0.4 is 10.0 Å². The molecule has 0 spiro atoms. The fourth-order valence-corrected chi connectivity index (χ4v) is 6.28. The third-order valence-corrected chi connectivity index (χ3v) is 8.86. The summed E-state index contributed by atoms with van der Waals surface area (Å²) in [6.07, 6.45) is 1.14. The van der Waals surface area contributed by atoms with Crippen LogP contribution in [0, 0.1) is 11.7 Å². The lowest BCUT2D eigenvalue weighted by atomic mass is 9.98. The van der Waals surface area contributed by atoms with Crippen molar-refractivity contribution in [3.63, 3.8) is 0 Å². The van der Waals surface area contributed by atoms with Crippen molar-refractivity contribution in [3.05, 3.63) is 60.4 Å². The second-order valence-electron chi connectivity index (χ2n) is 7.68. The van der Waals surface area contributed by atoms with Crippen LogP contribution in [0.4, 0.5) is 4.39 Å². The van der Waals surface area contributed by atoms with E-state index in [1.54, 1.807) is 30.3 Å². The van der Waals surface area contributed by atoms with Crippen molar-refractivity contribution in [2.24, 2.45) is 5.92 Å². The van der Waals surface area contributed by atoms with Crippen LogP contribution in [-0.4, -0.2) is 52.7 Å². The number of piperidine rings is 1. The van der Waals surface area contributed by atoms with Gasteiger partial charge in [0.25, 0.3) is 0 Å². The van der Waals surface area contributed by atoms with Crippen molar-refractivity contribution >= 4 is 26.0 Å². The molecule has 0 unspecified atom stereocenters. The summed E-state index contributed by atoms with van der Waals surface area (Å²) in [5.41, 5.74) is 0. The minimum Gasteiger partial charge on any atom is -0.354 e. The molecule has 2 N–H and O–H groups in total. The Morgan fingerprint density at radius 1 is 1.03 bits per heavy atom. The van der Waals surface area contributed by atoms with E-state index in [1.165, 1.54) is 23.4 Å². The number of nitrogens with one attached hydrogen (secondary N) is 2. The predicted molar refractivity (Wildman–Crippen MR) is 117 cm³/mol. The molecule has 1 amide bonds. The molecule has 1 aliphatic rings. The zero-order valence-corrected chi connectivity index (χ0v) is 19.2. The number of sulfonamides is 2. The van der Waals surface area contributed by atoms with Crippen LogP contribution in [0.15, 0.2) is 64.4 Å². The number of hydrogen-bond acceptors (Lipinski definition) is 5. The van der Waals surface area contributed by atoms with Crippen LogP contribution in [0.3, 0.4) is 0 Å². The SMILES string of the molecule is C[C@H](NS(=O)(=O)c1ccccc1F)C(=O)NCC1CCN(S(=O)(=O)c2ccccc2)CC1. The molecule has 1 fully saturated rings. The molecule has 0 radical (unpaired) electrons. The molecule has 32 heavy (non-hydrogen) atoms. The van der Waals surface area contributed by atoms with Gasteiger partial charge in [0.15, 0.2) is 0 Å². The number of halogens is 1. The molecule has 1 saturated heterocycles. The average molecular weight is 484 g/mol. The van der Waals surface area contributed by atoms with Gasteiger partial charge >= 0.3 is 0 Å². The summed E-state index contributed by atoms with van der Waals surface area (Å²) in [5, 5.41) is 2.70. The van der Waals surface area contributed by atoms with Crippen molar-refractivity contribution in [1.29, 1.82) is 0 Å². The molecule has 0 bridgehead atoms. The van der Waals surface area contributed by atoms with Gasteiger partial charge in [0.05, 0.1) is 10.9 Å². The topological polar surface area (TPSA) is 113 Å². The average Bonchev–Trinajstić information content (AvgIpc) is 2.78. The Bertz CT molecular complexity index is 1150. The first-order chi connectivity index (χ1) is 15.1. The Morgan fingerprint density at radius 3 is 2.25 bits per heavy atom. The maximum atomic E-state index is 13.8. The molecular formula is C21H26FN3O5S2. The van der Waals surface area contributed by atoms with E-state index in [9.17, 15) is 26.0 Å². The quantitative estimate of drug-likeness (QED) is 0.594. The Morgan fingerprint density at radius 2 is 1.62 bits per heavy atom. The number of rotatable bonds is 8. The van der Waals surface area contributed by atoms with Crippen LogP contribution in [0.25, 0.3) is 0 Å². The van der Waals surface area contributed by atoms with Crippen molar-refractivity contribution < 1.29 is 26.0 Å². The van der Waals surface area contributed by atoms with E-state index in [0.29, 0.717) is 32.5 Å². The van der Waals surface area contributed by atoms with E-state index in [4.69, 9.17) is 0 Å². The van der Waals surface area contributed by atoms with E-state index >= 15 is 0 Å². The van der Waals surface area contributed by atoms with Crippen molar-refractivity contribution in [2.45, 2.75) is 35.6 Å². The standard InChI is InChI=1S/C21H26FN3O5S2/c1-16(24-31(27,28)20-10-6-5-9-19(20)22)21(26)23-15-17-11-13-25(14-12-17)32(29,30)18-7-3-2-4-8-18/h2-10,16-17,24H,11-15H2,1H3,(H,23,26)/t16-/m0/s1. The first-order valence-corrected chi connectivity index (χ1v) is 13.1. The molecule has 0 saturated carbocycles. The highest BCUT2D eigenvalue weighted by Crippen LogP contribution is 2.23. The molecule has 8 nitrogen and oxygen atoms in total. The van der Waals surface area contributed by atoms with Crippen molar-refractivity contribution in [1.82, 2.24) is 14.3 Å². The third kappa shape index (κ3) is 5.71. The fourth-order valence-electron chi connectivity index (χ4n) is 3.51. The van der Waals surface area contributed by atoms with Gasteiger partial charge < -0.3 is 5.32 Å². The zero-order valence-electron chi connectivity index (χ0n) is 17.6. The van der Waals surface area contributed by atoms with E-state index < -0.39 is 42.7 Å². The molecule has 11 heteroatoms. The Labute approximate surface area is 187 Å². The molecule has 1 aliphatic heterocycles. The molecule has 3 rings (SSSR count). The highest BCUT2D eigenvalue weighted by atomic mass is 32.2. The molecule has 1 heterocycles. The van der Waals surface area contributed by atoms with Crippen LogP contribution >= 0.6 is 0 Å². The van der Waals surface area contributed by atoms with E-state index in [1.807, 2.05) is 0 Å². The monoisotopic (exact) mass is 483 g/mol. The van der Waals surface area contributed by atoms with Gasteiger partial charge in [0, 0.05) is 19.6 Å². The minimum absolute atomic E-state index is 0.0662. The Hall–Kier alpha value is -2.34. The van der Waals surface area contributed by atoms with Crippen molar-refractivity contribution in [3.8, 4) is 0 Å². The lowest BCUT2D eigenvalue weighted by Gasteiger charge is -2.31. The number of benzene rings is 2. The molecule has 0 aromatic heterocycles. The van der Waals surface area contributed by atoms with Gasteiger partial charge in [-0.2, -0.15) is 9.03 Å².